The van der Waals surface area contributed by atoms with E-state index in [2.05, 4.69) is 16.8 Å². The number of alkyl halides is 3. The second kappa shape index (κ2) is 12.6. The van der Waals surface area contributed by atoms with Crippen molar-refractivity contribution >= 4 is 27.6 Å². The number of benzene rings is 3. The molecule has 1 N–H and O–H groups in total. The van der Waals surface area contributed by atoms with Crippen molar-refractivity contribution in [1.29, 1.82) is 0 Å². The number of nitrogens with zero attached hydrogens (tertiary/aromatic N) is 1. The molecule has 1 heterocycles. The summed E-state index contributed by atoms with van der Waals surface area (Å²) in [5.74, 6) is 5.56. The Hall–Kier alpha value is -4.47. The maximum Gasteiger partial charge on any atom is 0.417 e. The number of carboxylic acids is 1. The van der Waals surface area contributed by atoms with Gasteiger partial charge in [-0.15, -0.1) is 0 Å². The van der Waals surface area contributed by atoms with Crippen molar-refractivity contribution in [3.8, 4) is 29.2 Å². The average Bonchev–Trinajstić information content (AvgIpc) is 2.91. The van der Waals surface area contributed by atoms with Gasteiger partial charge in [-0.05, 0) is 79.2 Å². The number of hydrogen-bond acceptors (Lipinski definition) is 7. The van der Waals surface area contributed by atoms with Gasteiger partial charge >= 0.3 is 12.1 Å². The lowest BCUT2D eigenvalue weighted by Gasteiger charge is -2.11. The van der Waals surface area contributed by atoms with E-state index in [9.17, 15) is 26.4 Å². The van der Waals surface area contributed by atoms with Gasteiger partial charge in [-0.25, -0.2) is 18.2 Å². The number of aliphatic carboxylic acids is 1. The van der Waals surface area contributed by atoms with E-state index in [0.29, 0.717) is 28.0 Å². The molecule has 0 aliphatic carbocycles. The Labute approximate surface area is 244 Å². The Morgan fingerprint density at radius 2 is 1.67 bits per heavy atom. The molecular formula is C30H22F3NO6S2. The maximum atomic E-state index is 12.9. The summed E-state index contributed by atoms with van der Waals surface area (Å²) in [6, 6.07) is 18.4. The van der Waals surface area contributed by atoms with Gasteiger partial charge in [0.1, 0.15) is 11.5 Å². The molecule has 216 valence electrons. The monoisotopic (exact) mass is 613 g/mol. The van der Waals surface area contributed by atoms with Crippen molar-refractivity contribution in [3.05, 3.63) is 101 Å². The first kappa shape index (κ1) is 30.5. The van der Waals surface area contributed by atoms with Crippen LogP contribution in [0.5, 0.6) is 17.4 Å². The minimum absolute atomic E-state index is 0.0452. The number of aryl methyl sites for hydroxylation is 1. The van der Waals surface area contributed by atoms with Gasteiger partial charge in [0.2, 0.25) is 5.88 Å². The zero-order chi connectivity index (χ0) is 30.5. The van der Waals surface area contributed by atoms with Crippen molar-refractivity contribution in [1.82, 2.24) is 4.98 Å². The molecule has 4 rings (SSSR count). The van der Waals surface area contributed by atoms with Crippen LogP contribution >= 0.6 is 11.8 Å². The van der Waals surface area contributed by atoms with Crippen LogP contribution < -0.4 is 9.47 Å². The molecule has 0 amide bonds. The summed E-state index contributed by atoms with van der Waals surface area (Å²) >= 11 is 1.35. The molecule has 4 aromatic rings. The quantitative estimate of drug-likeness (QED) is 0.221. The van der Waals surface area contributed by atoms with Gasteiger partial charge in [0.15, 0.2) is 16.4 Å². The summed E-state index contributed by atoms with van der Waals surface area (Å²) in [6.45, 7) is 1.31. The number of halogens is 3. The number of sulfone groups is 1. The number of hydrogen-bond donors (Lipinski definition) is 1. The van der Waals surface area contributed by atoms with Crippen LogP contribution in [0.15, 0.2) is 93.7 Å². The highest BCUT2D eigenvalue weighted by Crippen LogP contribution is 2.35. The van der Waals surface area contributed by atoms with Crippen LogP contribution in [0.4, 0.5) is 13.2 Å². The molecule has 0 unspecified atom stereocenters. The minimum atomic E-state index is -4.53. The first-order valence-corrected chi connectivity index (χ1v) is 14.8. The van der Waals surface area contributed by atoms with Crippen LogP contribution in [0, 0.1) is 18.8 Å². The highest BCUT2D eigenvalue weighted by molar-refractivity contribution is 7.99. The van der Waals surface area contributed by atoms with Gasteiger partial charge in [-0.3, -0.25) is 0 Å². The van der Waals surface area contributed by atoms with Crippen molar-refractivity contribution in [2.75, 3.05) is 12.9 Å². The van der Waals surface area contributed by atoms with Crippen molar-refractivity contribution in [2.24, 2.45) is 0 Å². The van der Waals surface area contributed by atoms with E-state index in [1.807, 2.05) is 6.07 Å². The molecule has 7 nitrogen and oxygen atoms in total. The molecule has 0 spiro atoms. The molecule has 3 aromatic carbocycles. The van der Waals surface area contributed by atoms with E-state index in [4.69, 9.17) is 14.6 Å². The zero-order valence-electron chi connectivity index (χ0n) is 22.1. The molecule has 12 heteroatoms. The summed E-state index contributed by atoms with van der Waals surface area (Å²) < 4.78 is 73.3. The average molecular weight is 614 g/mol. The molecule has 0 fully saturated rings. The number of ether oxygens (including phenoxy) is 2. The number of carbonyl (C=O) groups is 1. The summed E-state index contributed by atoms with van der Waals surface area (Å²) in [5.41, 5.74) is 0.908. The highest BCUT2D eigenvalue weighted by atomic mass is 32.2. The van der Waals surface area contributed by atoms with Crippen LogP contribution in [0.25, 0.3) is 0 Å². The van der Waals surface area contributed by atoms with Crippen molar-refractivity contribution < 1.29 is 41.0 Å². The third kappa shape index (κ3) is 8.52. The number of carboxylic acid groups (broad SMARTS) is 1. The lowest BCUT2D eigenvalue weighted by molar-refractivity contribution is -0.139. The lowest BCUT2D eigenvalue weighted by atomic mass is 10.2. The fraction of sp³-hybridized carbons (Fsp3) is 0.133. The topological polar surface area (TPSA) is 103 Å². The zero-order valence-corrected chi connectivity index (χ0v) is 23.7. The molecule has 1 aromatic heterocycles. The molecule has 0 saturated carbocycles. The van der Waals surface area contributed by atoms with Gasteiger partial charge in [0, 0.05) is 39.4 Å². The van der Waals surface area contributed by atoms with Crippen LogP contribution in [0.2, 0.25) is 0 Å². The van der Waals surface area contributed by atoms with Crippen LogP contribution in [0.3, 0.4) is 0 Å². The molecule has 0 atom stereocenters. The van der Waals surface area contributed by atoms with Crippen molar-refractivity contribution in [2.45, 2.75) is 27.8 Å². The smallest absolute Gasteiger partial charge is 0.417 e. The predicted molar refractivity (Wildman–Crippen MR) is 150 cm³/mol. The number of pyridine rings is 1. The Balaban J connectivity index is 1.64. The molecular weight excluding hydrogens is 591 g/mol. The van der Waals surface area contributed by atoms with E-state index in [1.165, 1.54) is 23.9 Å². The van der Waals surface area contributed by atoms with Crippen LogP contribution in [-0.2, 0) is 20.8 Å². The van der Waals surface area contributed by atoms with Crippen molar-refractivity contribution in [3.63, 3.8) is 0 Å². The van der Waals surface area contributed by atoms with E-state index in [1.54, 1.807) is 49.4 Å². The van der Waals surface area contributed by atoms with E-state index in [-0.39, 0.29) is 16.5 Å². The Bertz CT molecular complexity index is 1780. The predicted octanol–water partition coefficient (Wildman–Crippen LogP) is 6.62. The molecule has 0 saturated heterocycles. The third-order valence-electron chi connectivity index (χ3n) is 5.53. The largest absolute Gasteiger partial charge is 0.482 e. The van der Waals surface area contributed by atoms with Gasteiger partial charge < -0.3 is 14.6 Å². The normalized spacial score (nSPS) is 11.4. The van der Waals surface area contributed by atoms with Crippen LogP contribution in [0.1, 0.15) is 22.3 Å². The Morgan fingerprint density at radius 1 is 0.952 bits per heavy atom. The fourth-order valence-electron chi connectivity index (χ4n) is 3.54. The highest BCUT2D eigenvalue weighted by Gasteiger charge is 2.30. The molecule has 42 heavy (non-hydrogen) atoms. The summed E-state index contributed by atoms with van der Waals surface area (Å²) in [6.07, 6.45) is -2.73. The second-order valence-corrected chi connectivity index (χ2v) is 12.1. The minimum Gasteiger partial charge on any atom is -0.482 e. The Morgan fingerprint density at radius 3 is 2.26 bits per heavy atom. The van der Waals surface area contributed by atoms with Gasteiger partial charge in [-0.2, -0.15) is 13.2 Å². The SMILES string of the molecule is Cc1cc(Sc2cc(C#Cc3ccc(S(C)(=O)=O)cc3)cc(Oc3ccc(C(F)(F)F)cn3)c2)ccc1OCC(=O)O. The van der Waals surface area contributed by atoms with Gasteiger partial charge in [0.05, 0.1) is 10.5 Å². The molecule has 0 radical (unpaired) electrons. The van der Waals surface area contributed by atoms with E-state index >= 15 is 0 Å². The first-order valence-electron chi connectivity index (χ1n) is 12.1. The third-order valence-corrected chi connectivity index (χ3v) is 7.62. The second-order valence-electron chi connectivity index (χ2n) is 8.94. The summed E-state index contributed by atoms with van der Waals surface area (Å²) in [4.78, 5) is 16.2. The van der Waals surface area contributed by atoms with Gasteiger partial charge in [-0.1, -0.05) is 23.6 Å². The molecule has 0 bridgehead atoms. The summed E-state index contributed by atoms with van der Waals surface area (Å²) in [7, 11) is -3.35. The first-order chi connectivity index (χ1) is 19.8. The molecule has 0 aliphatic heterocycles. The van der Waals surface area contributed by atoms with E-state index in [0.717, 1.165) is 28.8 Å². The Kier molecular flexibility index (Phi) is 9.14. The van der Waals surface area contributed by atoms with Crippen LogP contribution in [-0.4, -0.2) is 37.3 Å². The summed E-state index contributed by atoms with van der Waals surface area (Å²) in [5, 5.41) is 8.85. The van der Waals surface area contributed by atoms with E-state index < -0.39 is 34.2 Å². The van der Waals surface area contributed by atoms with Gasteiger partial charge in [0.25, 0.3) is 0 Å². The lowest BCUT2D eigenvalue weighted by Crippen LogP contribution is -2.09. The number of aromatic nitrogens is 1. The number of rotatable bonds is 8. The maximum absolute atomic E-state index is 12.9. The fourth-order valence-corrected chi connectivity index (χ4v) is 5.18. The molecule has 0 aliphatic rings. The standard InChI is InChI=1S/C30H22F3NO6S2/c1-19-13-24(8-11-27(19)39-18-29(35)36)41-25-15-21(4-3-20-5-9-26(10-6-20)42(2,37)38)14-23(16-25)40-28-12-7-22(17-34-28)30(31,32)33/h5-17H,18H2,1-2H3,(H,35,36).